The van der Waals surface area contributed by atoms with Gasteiger partial charge in [0.05, 0.1) is 0 Å². The second-order valence-corrected chi connectivity index (χ2v) is 6.32. The fourth-order valence-electron chi connectivity index (χ4n) is 1.48. The average Bonchev–Trinajstić information content (AvgIpc) is 2.30. The number of hydrogen-bond donors (Lipinski definition) is 2. The van der Waals surface area contributed by atoms with Crippen molar-refractivity contribution in [2.75, 3.05) is 13.2 Å². The molecule has 0 saturated heterocycles. The van der Waals surface area contributed by atoms with E-state index in [1.165, 1.54) is 10.5 Å². The van der Waals surface area contributed by atoms with Crippen LogP contribution in [0.5, 0.6) is 0 Å². The van der Waals surface area contributed by atoms with Crippen LogP contribution < -0.4 is 5.32 Å². The minimum atomic E-state index is 0.254. The van der Waals surface area contributed by atoms with Crippen molar-refractivity contribution in [3.05, 3.63) is 28.2 Å². The number of benzene rings is 1. The van der Waals surface area contributed by atoms with Gasteiger partial charge in [-0.15, -0.1) is 11.8 Å². The van der Waals surface area contributed by atoms with Crippen molar-refractivity contribution >= 4 is 27.7 Å². The molecule has 0 spiro atoms. The van der Waals surface area contributed by atoms with Crippen molar-refractivity contribution in [2.24, 2.45) is 0 Å². The maximum Gasteiger partial charge on any atom is 0.0441 e. The summed E-state index contributed by atoms with van der Waals surface area (Å²) < 4.78 is 1.14. The fourth-order valence-corrected chi connectivity index (χ4v) is 3.16. The number of hydrogen-bond acceptors (Lipinski definition) is 3. The van der Waals surface area contributed by atoms with Gasteiger partial charge in [-0.05, 0) is 46.6 Å². The van der Waals surface area contributed by atoms with Gasteiger partial charge >= 0.3 is 0 Å². The van der Waals surface area contributed by atoms with E-state index in [1.807, 2.05) is 0 Å². The first kappa shape index (κ1) is 15.0. The molecule has 0 bridgehead atoms. The van der Waals surface area contributed by atoms with Crippen molar-refractivity contribution in [3.63, 3.8) is 0 Å². The standard InChI is InChI=1S/C13H20BrNOS/c1-3-15-9-11-4-5-13(12(14)8-11)17-10(2)6-7-16/h4-5,8,10,15-16H,3,6-7,9H2,1-2H3. The number of halogens is 1. The lowest BCUT2D eigenvalue weighted by atomic mass is 10.2. The van der Waals surface area contributed by atoms with Crippen LogP contribution in [-0.2, 0) is 6.54 Å². The summed E-state index contributed by atoms with van der Waals surface area (Å²) in [5.74, 6) is 0. The highest BCUT2D eigenvalue weighted by atomic mass is 79.9. The Balaban J connectivity index is 2.62. The Hall–Kier alpha value is -0.0300. The summed E-state index contributed by atoms with van der Waals surface area (Å²) in [6, 6.07) is 6.47. The molecule has 0 aliphatic heterocycles. The first-order chi connectivity index (χ1) is 8.17. The third-order valence-electron chi connectivity index (χ3n) is 2.44. The predicted octanol–water partition coefficient (Wildman–Crippen LogP) is 3.42. The Bertz CT molecular complexity index is 346. The molecule has 0 aliphatic carbocycles. The minimum absolute atomic E-state index is 0.254. The van der Waals surface area contributed by atoms with Crippen LogP contribution in [-0.4, -0.2) is 23.5 Å². The van der Waals surface area contributed by atoms with Gasteiger partial charge in [-0.3, -0.25) is 0 Å². The van der Waals surface area contributed by atoms with Crippen LogP contribution in [0.1, 0.15) is 25.8 Å². The van der Waals surface area contributed by atoms with Gasteiger partial charge < -0.3 is 10.4 Å². The second kappa shape index (κ2) is 8.14. The zero-order chi connectivity index (χ0) is 12.7. The van der Waals surface area contributed by atoms with Crippen LogP contribution in [0.4, 0.5) is 0 Å². The quantitative estimate of drug-likeness (QED) is 0.756. The summed E-state index contributed by atoms with van der Waals surface area (Å²) in [7, 11) is 0. The molecule has 0 radical (unpaired) electrons. The van der Waals surface area contributed by atoms with Gasteiger partial charge in [-0.25, -0.2) is 0 Å². The van der Waals surface area contributed by atoms with E-state index < -0.39 is 0 Å². The van der Waals surface area contributed by atoms with Gasteiger partial charge in [0.15, 0.2) is 0 Å². The molecule has 1 rings (SSSR count). The largest absolute Gasteiger partial charge is 0.396 e. The SMILES string of the molecule is CCNCc1ccc(SC(C)CCO)c(Br)c1. The third kappa shape index (κ3) is 5.42. The number of aliphatic hydroxyl groups excluding tert-OH is 1. The average molecular weight is 318 g/mol. The van der Waals surface area contributed by atoms with Crippen molar-refractivity contribution in [1.82, 2.24) is 5.32 Å². The van der Waals surface area contributed by atoms with E-state index in [2.05, 4.69) is 53.3 Å². The topological polar surface area (TPSA) is 32.3 Å². The molecule has 1 atom stereocenters. The van der Waals surface area contributed by atoms with Crippen molar-refractivity contribution in [1.29, 1.82) is 0 Å². The first-order valence-electron chi connectivity index (χ1n) is 5.94. The molecule has 2 N–H and O–H groups in total. The Morgan fingerprint density at radius 1 is 1.47 bits per heavy atom. The zero-order valence-electron chi connectivity index (χ0n) is 10.4. The van der Waals surface area contributed by atoms with Gasteiger partial charge in [0, 0.05) is 27.8 Å². The molecular formula is C13H20BrNOS. The molecular weight excluding hydrogens is 298 g/mol. The molecule has 0 fully saturated rings. The number of nitrogens with one attached hydrogen (secondary N) is 1. The Morgan fingerprint density at radius 3 is 2.82 bits per heavy atom. The van der Waals surface area contributed by atoms with E-state index in [4.69, 9.17) is 5.11 Å². The summed E-state index contributed by atoms with van der Waals surface area (Å²) in [5, 5.41) is 12.6. The third-order valence-corrected chi connectivity index (χ3v) is 4.61. The molecule has 1 aromatic carbocycles. The summed E-state index contributed by atoms with van der Waals surface area (Å²) in [4.78, 5) is 1.24. The molecule has 0 saturated carbocycles. The molecule has 0 aromatic heterocycles. The van der Waals surface area contributed by atoms with Gasteiger partial charge in [-0.2, -0.15) is 0 Å². The van der Waals surface area contributed by atoms with E-state index in [1.54, 1.807) is 11.8 Å². The highest BCUT2D eigenvalue weighted by Gasteiger charge is 2.07. The first-order valence-corrected chi connectivity index (χ1v) is 7.61. The van der Waals surface area contributed by atoms with Crippen LogP contribution in [0.15, 0.2) is 27.6 Å². The van der Waals surface area contributed by atoms with Crippen molar-refractivity contribution < 1.29 is 5.11 Å². The number of aliphatic hydroxyl groups is 1. The highest BCUT2D eigenvalue weighted by molar-refractivity contribution is 9.10. The molecule has 2 nitrogen and oxygen atoms in total. The molecule has 4 heteroatoms. The smallest absolute Gasteiger partial charge is 0.0441 e. The van der Waals surface area contributed by atoms with Crippen LogP contribution in [0.2, 0.25) is 0 Å². The fraction of sp³-hybridized carbons (Fsp3) is 0.538. The molecule has 0 amide bonds. The molecule has 1 aromatic rings. The van der Waals surface area contributed by atoms with Crippen molar-refractivity contribution in [3.8, 4) is 0 Å². The van der Waals surface area contributed by atoms with Gasteiger partial charge in [0.1, 0.15) is 0 Å². The molecule has 17 heavy (non-hydrogen) atoms. The monoisotopic (exact) mass is 317 g/mol. The maximum atomic E-state index is 8.89. The highest BCUT2D eigenvalue weighted by Crippen LogP contribution is 2.32. The molecule has 96 valence electrons. The summed E-state index contributed by atoms with van der Waals surface area (Å²) in [5.41, 5.74) is 1.29. The van der Waals surface area contributed by atoms with Crippen LogP contribution in [0.25, 0.3) is 0 Å². The lowest BCUT2D eigenvalue weighted by molar-refractivity contribution is 0.289. The van der Waals surface area contributed by atoms with Crippen molar-refractivity contribution in [2.45, 2.75) is 37.0 Å². The Labute approximate surface area is 116 Å². The second-order valence-electron chi connectivity index (χ2n) is 3.99. The summed E-state index contributed by atoms with van der Waals surface area (Å²) in [6.07, 6.45) is 0.830. The van der Waals surface area contributed by atoms with Crippen LogP contribution >= 0.6 is 27.7 Å². The summed E-state index contributed by atoms with van der Waals surface area (Å²) >= 11 is 5.41. The van der Waals surface area contributed by atoms with Gasteiger partial charge in [0.2, 0.25) is 0 Å². The summed E-state index contributed by atoms with van der Waals surface area (Å²) in [6.45, 7) is 6.40. The zero-order valence-corrected chi connectivity index (χ0v) is 12.8. The lowest BCUT2D eigenvalue weighted by Crippen LogP contribution is -2.11. The minimum Gasteiger partial charge on any atom is -0.396 e. The number of rotatable bonds is 7. The Morgan fingerprint density at radius 2 is 2.24 bits per heavy atom. The molecule has 1 unspecified atom stereocenters. The number of thioether (sulfide) groups is 1. The van der Waals surface area contributed by atoms with E-state index in [0.717, 1.165) is 24.0 Å². The normalized spacial score (nSPS) is 12.7. The Kier molecular flexibility index (Phi) is 7.19. The van der Waals surface area contributed by atoms with Crippen LogP contribution in [0, 0.1) is 0 Å². The lowest BCUT2D eigenvalue weighted by Gasteiger charge is -2.12. The van der Waals surface area contributed by atoms with E-state index in [0.29, 0.717) is 5.25 Å². The van der Waals surface area contributed by atoms with Crippen LogP contribution in [0.3, 0.4) is 0 Å². The van der Waals surface area contributed by atoms with Gasteiger partial charge in [0.25, 0.3) is 0 Å². The molecule has 0 aliphatic rings. The van der Waals surface area contributed by atoms with E-state index in [-0.39, 0.29) is 6.61 Å². The predicted molar refractivity (Wildman–Crippen MR) is 78.5 cm³/mol. The molecule has 0 heterocycles. The van der Waals surface area contributed by atoms with E-state index >= 15 is 0 Å². The maximum absolute atomic E-state index is 8.89. The van der Waals surface area contributed by atoms with Gasteiger partial charge in [-0.1, -0.05) is 19.9 Å². The van der Waals surface area contributed by atoms with E-state index in [9.17, 15) is 0 Å².